The van der Waals surface area contributed by atoms with Gasteiger partial charge in [-0.15, -0.1) is 0 Å². The summed E-state index contributed by atoms with van der Waals surface area (Å²) in [5.74, 6) is -1.46. The largest absolute Gasteiger partial charge is 0.356 e. The topological polar surface area (TPSA) is 41.1 Å². The molecule has 0 radical (unpaired) electrons. The van der Waals surface area contributed by atoms with Crippen LogP contribution in [0.4, 0.5) is 8.78 Å². The molecule has 1 aliphatic rings. The summed E-state index contributed by atoms with van der Waals surface area (Å²) in [6, 6.07) is 3.54. The van der Waals surface area contributed by atoms with Crippen LogP contribution in [0.3, 0.4) is 0 Å². The maximum absolute atomic E-state index is 13.6. The number of amides is 1. The van der Waals surface area contributed by atoms with Gasteiger partial charge in [0.25, 0.3) is 0 Å². The number of nitrogens with one attached hydrogen (secondary N) is 2. The van der Waals surface area contributed by atoms with E-state index < -0.39 is 11.6 Å². The molecule has 2 rings (SSSR count). The molecule has 1 amide bonds. The fourth-order valence-corrected chi connectivity index (χ4v) is 2.24. The second-order valence-corrected chi connectivity index (χ2v) is 4.86. The van der Waals surface area contributed by atoms with Gasteiger partial charge in [0, 0.05) is 18.5 Å². The number of hydrogen-bond acceptors (Lipinski definition) is 2. The highest BCUT2D eigenvalue weighted by Crippen LogP contribution is 2.48. The van der Waals surface area contributed by atoms with Gasteiger partial charge >= 0.3 is 0 Å². The summed E-state index contributed by atoms with van der Waals surface area (Å²) in [6.07, 6.45) is 1.50. The molecule has 2 N–H and O–H groups in total. The standard InChI is InChI=1S/C14H18F2N2O/c1-17-5-2-6-18-14(19)12-8-11(12)10-4-3-9(15)7-13(10)16/h3-4,7,11-12,17H,2,5-6,8H2,1H3,(H,18,19). The normalized spacial score (nSPS) is 21.2. The third-order valence-electron chi connectivity index (χ3n) is 3.39. The van der Waals surface area contributed by atoms with Crippen LogP contribution in [-0.2, 0) is 4.79 Å². The Hall–Kier alpha value is -1.49. The summed E-state index contributed by atoms with van der Waals surface area (Å²) in [4.78, 5) is 11.8. The minimum Gasteiger partial charge on any atom is -0.356 e. The molecule has 1 aliphatic carbocycles. The average molecular weight is 268 g/mol. The van der Waals surface area contributed by atoms with Crippen molar-refractivity contribution in [3.63, 3.8) is 0 Å². The zero-order valence-corrected chi connectivity index (χ0v) is 10.9. The molecule has 19 heavy (non-hydrogen) atoms. The first-order valence-corrected chi connectivity index (χ1v) is 6.50. The molecule has 0 bridgehead atoms. The van der Waals surface area contributed by atoms with E-state index in [1.165, 1.54) is 12.1 Å². The van der Waals surface area contributed by atoms with Gasteiger partial charge in [-0.1, -0.05) is 6.07 Å². The van der Waals surface area contributed by atoms with Crippen LogP contribution in [0.5, 0.6) is 0 Å². The first-order chi connectivity index (χ1) is 9.13. The molecule has 2 atom stereocenters. The number of halogens is 2. The Bertz CT molecular complexity index is 465. The van der Waals surface area contributed by atoms with Gasteiger partial charge in [0.2, 0.25) is 5.91 Å². The predicted molar refractivity (Wildman–Crippen MR) is 68.8 cm³/mol. The average Bonchev–Trinajstić information content (AvgIpc) is 3.14. The molecule has 0 aromatic heterocycles. The third kappa shape index (κ3) is 3.50. The van der Waals surface area contributed by atoms with E-state index in [1.807, 2.05) is 7.05 Å². The summed E-state index contributed by atoms with van der Waals surface area (Å²) in [5.41, 5.74) is 0.441. The number of benzene rings is 1. The molecule has 1 aromatic carbocycles. The maximum atomic E-state index is 13.6. The van der Waals surface area contributed by atoms with Crippen LogP contribution in [0.25, 0.3) is 0 Å². The van der Waals surface area contributed by atoms with Gasteiger partial charge in [0.1, 0.15) is 11.6 Å². The van der Waals surface area contributed by atoms with E-state index in [4.69, 9.17) is 0 Å². The lowest BCUT2D eigenvalue weighted by atomic mass is 10.1. The second kappa shape index (κ2) is 6.10. The molecule has 3 nitrogen and oxygen atoms in total. The Kier molecular flexibility index (Phi) is 4.47. The number of carbonyl (C=O) groups excluding carboxylic acids is 1. The zero-order chi connectivity index (χ0) is 13.8. The van der Waals surface area contributed by atoms with E-state index in [-0.39, 0.29) is 17.7 Å². The molecule has 5 heteroatoms. The van der Waals surface area contributed by atoms with Gasteiger partial charge < -0.3 is 10.6 Å². The molecule has 0 spiro atoms. The van der Waals surface area contributed by atoms with Gasteiger partial charge in [-0.05, 0) is 44.0 Å². The van der Waals surface area contributed by atoms with Crippen LogP contribution in [0.1, 0.15) is 24.3 Å². The molecular weight excluding hydrogens is 250 g/mol. The number of rotatable bonds is 6. The summed E-state index contributed by atoms with van der Waals surface area (Å²) in [7, 11) is 1.86. The van der Waals surface area contributed by atoms with Crippen molar-refractivity contribution in [2.24, 2.45) is 5.92 Å². The Morgan fingerprint density at radius 3 is 2.84 bits per heavy atom. The fraction of sp³-hybridized carbons (Fsp3) is 0.500. The molecule has 1 aromatic rings. The minimum atomic E-state index is -0.588. The third-order valence-corrected chi connectivity index (χ3v) is 3.39. The Labute approximate surface area is 111 Å². The first-order valence-electron chi connectivity index (χ1n) is 6.50. The predicted octanol–water partition coefficient (Wildman–Crippen LogP) is 1.79. The molecule has 0 heterocycles. The number of hydrogen-bond donors (Lipinski definition) is 2. The Morgan fingerprint density at radius 2 is 2.16 bits per heavy atom. The molecule has 104 valence electrons. The SMILES string of the molecule is CNCCCNC(=O)C1CC1c1ccc(F)cc1F. The van der Waals surface area contributed by atoms with E-state index >= 15 is 0 Å². The Balaban J connectivity index is 1.84. The lowest BCUT2D eigenvalue weighted by Gasteiger charge is -2.05. The molecule has 1 fully saturated rings. The first kappa shape index (κ1) is 13.9. The quantitative estimate of drug-likeness (QED) is 0.772. The van der Waals surface area contributed by atoms with Gasteiger partial charge in [-0.25, -0.2) is 8.78 Å². The van der Waals surface area contributed by atoms with Crippen molar-refractivity contribution in [3.05, 3.63) is 35.4 Å². The summed E-state index contributed by atoms with van der Waals surface area (Å²) in [6.45, 7) is 1.47. The van der Waals surface area contributed by atoms with Crippen LogP contribution in [0.2, 0.25) is 0 Å². The van der Waals surface area contributed by atoms with Crippen LogP contribution in [0.15, 0.2) is 18.2 Å². The highest BCUT2D eigenvalue weighted by Gasteiger charge is 2.45. The lowest BCUT2D eigenvalue weighted by Crippen LogP contribution is -2.28. The highest BCUT2D eigenvalue weighted by molar-refractivity contribution is 5.82. The van der Waals surface area contributed by atoms with Crippen LogP contribution in [-0.4, -0.2) is 26.0 Å². The van der Waals surface area contributed by atoms with Crippen molar-refractivity contribution in [2.45, 2.75) is 18.8 Å². The van der Waals surface area contributed by atoms with Crippen LogP contribution < -0.4 is 10.6 Å². The van der Waals surface area contributed by atoms with E-state index in [0.29, 0.717) is 18.5 Å². The van der Waals surface area contributed by atoms with E-state index in [2.05, 4.69) is 10.6 Å². The summed E-state index contributed by atoms with van der Waals surface area (Å²) in [5, 5.41) is 5.83. The van der Waals surface area contributed by atoms with Crippen LogP contribution >= 0.6 is 0 Å². The number of carbonyl (C=O) groups is 1. The minimum absolute atomic E-state index is 0.0372. The fourth-order valence-electron chi connectivity index (χ4n) is 2.24. The molecular formula is C14H18F2N2O. The molecule has 1 saturated carbocycles. The van der Waals surface area contributed by atoms with E-state index in [0.717, 1.165) is 19.0 Å². The zero-order valence-electron chi connectivity index (χ0n) is 10.9. The van der Waals surface area contributed by atoms with Gasteiger partial charge in [-0.2, -0.15) is 0 Å². The summed E-state index contributed by atoms with van der Waals surface area (Å²) >= 11 is 0. The van der Waals surface area contributed by atoms with E-state index in [1.54, 1.807) is 0 Å². The highest BCUT2D eigenvalue weighted by atomic mass is 19.1. The van der Waals surface area contributed by atoms with Crippen molar-refractivity contribution in [2.75, 3.05) is 20.1 Å². The maximum Gasteiger partial charge on any atom is 0.223 e. The smallest absolute Gasteiger partial charge is 0.223 e. The van der Waals surface area contributed by atoms with Crippen molar-refractivity contribution in [1.82, 2.24) is 10.6 Å². The molecule has 2 unspecified atom stereocenters. The Morgan fingerprint density at radius 1 is 1.37 bits per heavy atom. The van der Waals surface area contributed by atoms with Crippen molar-refractivity contribution in [3.8, 4) is 0 Å². The van der Waals surface area contributed by atoms with Crippen LogP contribution in [0, 0.1) is 17.6 Å². The molecule has 0 aliphatic heterocycles. The van der Waals surface area contributed by atoms with Gasteiger partial charge in [0.05, 0.1) is 0 Å². The molecule has 0 saturated heterocycles. The van der Waals surface area contributed by atoms with Crippen molar-refractivity contribution in [1.29, 1.82) is 0 Å². The lowest BCUT2D eigenvalue weighted by molar-refractivity contribution is -0.122. The van der Waals surface area contributed by atoms with Gasteiger partial charge in [0.15, 0.2) is 0 Å². The van der Waals surface area contributed by atoms with Gasteiger partial charge in [-0.3, -0.25) is 4.79 Å². The summed E-state index contributed by atoms with van der Waals surface area (Å²) < 4.78 is 26.4. The van der Waals surface area contributed by atoms with E-state index in [9.17, 15) is 13.6 Å². The van der Waals surface area contributed by atoms with Crippen molar-refractivity contribution >= 4 is 5.91 Å². The second-order valence-electron chi connectivity index (χ2n) is 4.86. The van der Waals surface area contributed by atoms with Crippen molar-refractivity contribution < 1.29 is 13.6 Å². The monoisotopic (exact) mass is 268 g/mol.